The fourth-order valence-electron chi connectivity index (χ4n) is 5.81. The molecule has 0 unspecified atom stereocenters. The molecule has 0 aliphatic carbocycles. The van der Waals surface area contributed by atoms with E-state index < -0.39 is 0 Å². The van der Waals surface area contributed by atoms with Crippen LogP contribution < -0.4 is 0 Å². The van der Waals surface area contributed by atoms with Gasteiger partial charge >= 0.3 is 0 Å². The number of fused-ring (bicyclic) bond motifs is 6. The van der Waals surface area contributed by atoms with Gasteiger partial charge in [0.15, 0.2) is 0 Å². The van der Waals surface area contributed by atoms with Crippen molar-refractivity contribution in [3.05, 3.63) is 109 Å². The monoisotopic (exact) mass is 512 g/mol. The molecule has 2 aromatic heterocycles. The summed E-state index contributed by atoms with van der Waals surface area (Å²) in [7, 11) is 0. The Labute approximate surface area is 225 Å². The Hall–Kier alpha value is -3.46. The van der Waals surface area contributed by atoms with Gasteiger partial charge in [-0.1, -0.05) is 99.6 Å². The zero-order chi connectivity index (χ0) is 25.1. The number of rotatable bonds is 3. The minimum Gasteiger partial charge on any atom is -0.135 e. The lowest BCUT2D eigenvalue weighted by Gasteiger charge is -2.24. The molecule has 0 fully saturated rings. The van der Waals surface area contributed by atoms with E-state index in [0.717, 1.165) is 6.42 Å². The van der Waals surface area contributed by atoms with Crippen molar-refractivity contribution in [2.24, 2.45) is 5.41 Å². The van der Waals surface area contributed by atoms with Gasteiger partial charge < -0.3 is 0 Å². The van der Waals surface area contributed by atoms with E-state index >= 15 is 0 Å². The lowest BCUT2D eigenvalue weighted by Crippen LogP contribution is -2.11. The number of hydrogen-bond acceptors (Lipinski definition) is 2. The van der Waals surface area contributed by atoms with Gasteiger partial charge in [0.2, 0.25) is 0 Å². The predicted molar refractivity (Wildman–Crippen MR) is 166 cm³/mol. The van der Waals surface area contributed by atoms with Crippen molar-refractivity contribution in [2.45, 2.75) is 27.2 Å². The van der Waals surface area contributed by atoms with Crippen LogP contribution in [-0.4, -0.2) is 0 Å². The van der Waals surface area contributed by atoms with Crippen molar-refractivity contribution >= 4 is 63.0 Å². The van der Waals surface area contributed by atoms with Crippen LogP contribution in [-0.2, 0) is 6.42 Å². The van der Waals surface area contributed by atoms with Crippen LogP contribution in [0.2, 0.25) is 0 Å². The highest BCUT2D eigenvalue weighted by molar-refractivity contribution is 7.26. The minimum atomic E-state index is 0.153. The summed E-state index contributed by atoms with van der Waals surface area (Å²) < 4.78 is 5.43. The van der Waals surface area contributed by atoms with E-state index in [1.165, 1.54) is 68.2 Å². The third-order valence-corrected chi connectivity index (χ3v) is 9.54. The fraction of sp³-hybridized carbons (Fsp3) is 0.143. The molecule has 7 rings (SSSR count). The summed E-state index contributed by atoms with van der Waals surface area (Å²) >= 11 is 3.79. The van der Waals surface area contributed by atoms with Crippen molar-refractivity contribution in [1.82, 2.24) is 0 Å². The van der Waals surface area contributed by atoms with E-state index in [9.17, 15) is 0 Å². The third kappa shape index (κ3) is 3.79. The maximum atomic E-state index is 2.36. The van der Waals surface area contributed by atoms with Crippen molar-refractivity contribution in [3.8, 4) is 22.3 Å². The molecule has 0 aliphatic rings. The molecule has 0 spiro atoms. The Kier molecular flexibility index (Phi) is 5.25. The fourth-order valence-corrected chi connectivity index (χ4v) is 8.07. The quantitative estimate of drug-likeness (QED) is 0.221. The van der Waals surface area contributed by atoms with Crippen molar-refractivity contribution in [3.63, 3.8) is 0 Å². The van der Waals surface area contributed by atoms with Gasteiger partial charge in [-0.3, -0.25) is 0 Å². The highest BCUT2D eigenvalue weighted by Gasteiger charge is 2.22. The molecular weight excluding hydrogens is 485 g/mol. The molecule has 2 heteroatoms. The molecule has 0 saturated carbocycles. The molecule has 2 heterocycles. The second-order valence-electron chi connectivity index (χ2n) is 11.1. The van der Waals surface area contributed by atoms with Crippen LogP contribution in [0.4, 0.5) is 0 Å². The van der Waals surface area contributed by atoms with Crippen LogP contribution in [0, 0.1) is 5.41 Å². The van der Waals surface area contributed by atoms with Gasteiger partial charge in [-0.05, 0) is 63.9 Å². The number of hydrogen-bond donors (Lipinski definition) is 0. The first-order valence-electron chi connectivity index (χ1n) is 12.9. The molecule has 7 aromatic rings. The van der Waals surface area contributed by atoms with E-state index in [1.807, 2.05) is 22.7 Å². The molecule has 0 nitrogen and oxygen atoms in total. The number of benzene rings is 5. The lowest BCUT2D eigenvalue weighted by atomic mass is 9.80. The summed E-state index contributed by atoms with van der Waals surface area (Å²) in [5.74, 6) is 0. The molecule has 0 radical (unpaired) electrons. The molecule has 0 amide bonds. The van der Waals surface area contributed by atoms with Crippen molar-refractivity contribution in [1.29, 1.82) is 0 Å². The van der Waals surface area contributed by atoms with Crippen LogP contribution >= 0.6 is 22.7 Å². The Balaban J connectivity index is 1.57. The standard InChI is InChI=1S/C35H28S2/c1-35(2,3)21-28-22(24-15-9-19-31-33(24)26-11-4-6-17-29(26)36-31)13-8-14-23(28)25-16-10-20-32-34(25)27-12-5-7-18-30(27)37-32/h4-20H,21H2,1-3H3. The minimum absolute atomic E-state index is 0.153. The second kappa shape index (κ2) is 8.55. The predicted octanol–water partition coefficient (Wildman–Crippen LogP) is 11.3. The van der Waals surface area contributed by atoms with Crippen LogP contribution in [0.25, 0.3) is 62.6 Å². The summed E-state index contributed by atoms with van der Waals surface area (Å²) in [6.07, 6.45) is 1.01. The van der Waals surface area contributed by atoms with Gasteiger partial charge in [0.05, 0.1) is 0 Å². The molecule has 0 N–H and O–H groups in total. The van der Waals surface area contributed by atoms with E-state index in [1.54, 1.807) is 0 Å². The van der Waals surface area contributed by atoms with Crippen LogP contribution in [0.1, 0.15) is 26.3 Å². The summed E-state index contributed by atoms with van der Waals surface area (Å²) in [5.41, 5.74) is 7.01. The van der Waals surface area contributed by atoms with E-state index in [2.05, 4.69) is 124 Å². The lowest BCUT2D eigenvalue weighted by molar-refractivity contribution is 0.412. The Morgan fingerprint density at radius 2 is 0.865 bits per heavy atom. The van der Waals surface area contributed by atoms with Gasteiger partial charge in [-0.2, -0.15) is 0 Å². The Morgan fingerprint density at radius 1 is 0.459 bits per heavy atom. The maximum Gasteiger partial charge on any atom is 0.0361 e. The van der Waals surface area contributed by atoms with Gasteiger partial charge in [0.25, 0.3) is 0 Å². The van der Waals surface area contributed by atoms with E-state index in [-0.39, 0.29) is 5.41 Å². The first kappa shape index (κ1) is 22.7. The zero-order valence-electron chi connectivity index (χ0n) is 21.3. The topological polar surface area (TPSA) is 0 Å². The van der Waals surface area contributed by atoms with Crippen molar-refractivity contribution in [2.75, 3.05) is 0 Å². The SMILES string of the molecule is CC(C)(C)Cc1c(-c2cccc3sc4ccccc4c23)cccc1-c1cccc2sc3ccccc3c12. The average Bonchev–Trinajstić information content (AvgIpc) is 3.46. The summed E-state index contributed by atoms with van der Waals surface area (Å²) in [4.78, 5) is 0. The van der Waals surface area contributed by atoms with E-state index in [4.69, 9.17) is 0 Å². The maximum absolute atomic E-state index is 2.36. The summed E-state index contributed by atoms with van der Waals surface area (Å²) in [6, 6.07) is 38.3. The molecular formula is C35H28S2. The largest absolute Gasteiger partial charge is 0.135 e. The molecule has 180 valence electrons. The van der Waals surface area contributed by atoms with Gasteiger partial charge in [0, 0.05) is 40.3 Å². The second-order valence-corrected chi connectivity index (χ2v) is 13.3. The molecule has 0 bridgehead atoms. The molecule has 5 aromatic carbocycles. The normalized spacial score (nSPS) is 12.3. The first-order valence-corrected chi connectivity index (χ1v) is 14.5. The third-order valence-electron chi connectivity index (χ3n) is 7.27. The number of thiophene rings is 2. The van der Waals surface area contributed by atoms with Crippen LogP contribution in [0.5, 0.6) is 0 Å². The smallest absolute Gasteiger partial charge is 0.0361 e. The zero-order valence-corrected chi connectivity index (χ0v) is 23.0. The van der Waals surface area contributed by atoms with Crippen LogP contribution in [0.15, 0.2) is 103 Å². The van der Waals surface area contributed by atoms with Gasteiger partial charge in [-0.25, -0.2) is 0 Å². The molecule has 0 aliphatic heterocycles. The molecule has 0 saturated heterocycles. The van der Waals surface area contributed by atoms with Gasteiger partial charge in [-0.15, -0.1) is 22.7 Å². The molecule has 0 atom stereocenters. The highest BCUT2D eigenvalue weighted by atomic mass is 32.1. The Bertz CT molecular complexity index is 1810. The van der Waals surface area contributed by atoms with E-state index in [0.29, 0.717) is 0 Å². The van der Waals surface area contributed by atoms with Crippen LogP contribution in [0.3, 0.4) is 0 Å². The summed E-state index contributed by atoms with van der Waals surface area (Å²) in [5, 5.41) is 5.48. The average molecular weight is 513 g/mol. The molecule has 37 heavy (non-hydrogen) atoms. The first-order chi connectivity index (χ1) is 18.0. The summed E-state index contributed by atoms with van der Waals surface area (Å²) in [6.45, 7) is 7.07. The highest BCUT2D eigenvalue weighted by Crippen LogP contribution is 2.46. The van der Waals surface area contributed by atoms with Gasteiger partial charge in [0.1, 0.15) is 0 Å². The Morgan fingerprint density at radius 3 is 1.35 bits per heavy atom. The van der Waals surface area contributed by atoms with Crippen molar-refractivity contribution < 1.29 is 0 Å².